The minimum Gasteiger partial charge on any atom is -0.367 e. The topological polar surface area (TPSA) is 70.5 Å². The van der Waals surface area contributed by atoms with Gasteiger partial charge in [-0.05, 0) is 38.2 Å². The Hall–Kier alpha value is -3.52. The van der Waals surface area contributed by atoms with Crippen LogP contribution in [-0.4, -0.2) is 53.8 Å². The zero-order chi connectivity index (χ0) is 22.0. The van der Waals surface area contributed by atoms with Crippen LogP contribution in [0.4, 0.5) is 15.8 Å². The lowest BCUT2D eigenvalue weighted by Crippen LogP contribution is -2.44. The van der Waals surface area contributed by atoms with Crippen molar-refractivity contribution in [3.8, 4) is 5.69 Å². The van der Waals surface area contributed by atoms with Crippen molar-refractivity contribution in [1.29, 1.82) is 0 Å². The van der Waals surface area contributed by atoms with Gasteiger partial charge >= 0.3 is 0 Å². The first kappa shape index (κ1) is 20.7. The lowest BCUT2D eigenvalue weighted by Gasteiger charge is -2.35. The molecule has 1 aromatic heterocycles. The molecule has 1 saturated heterocycles. The molecular formula is C23H24FN5O2. The van der Waals surface area contributed by atoms with Gasteiger partial charge in [-0.3, -0.25) is 9.59 Å². The number of hydrogen-bond acceptors (Lipinski definition) is 5. The molecular weight excluding hydrogens is 397 g/mol. The third kappa shape index (κ3) is 4.34. The van der Waals surface area contributed by atoms with Gasteiger partial charge in [0.2, 0.25) is 5.43 Å². The molecule has 7 nitrogen and oxygen atoms in total. The van der Waals surface area contributed by atoms with Crippen molar-refractivity contribution in [3.05, 3.63) is 82.0 Å². The first-order valence-electron chi connectivity index (χ1n) is 10.1. The van der Waals surface area contributed by atoms with E-state index in [1.54, 1.807) is 31.2 Å². The van der Waals surface area contributed by atoms with E-state index in [0.717, 1.165) is 31.9 Å². The Morgan fingerprint density at radius 3 is 2.35 bits per heavy atom. The number of likely N-dealkylation sites (N-methyl/N-ethyl adjacent to an activating group) is 1. The van der Waals surface area contributed by atoms with Crippen molar-refractivity contribution in [2.24, 2.45) is 0 Å². The number of benzene rings is 2. The molecule has 0 unspecified atom stereocenters. The summed E-state index contributed by atoms with van der Waals surface area (Å²) >= 11 is 0. The van der Waals surface area contributed by atoms with Crippen LogP contribution in [0.5, 0.6) is 0 Å². The number of aryl methyl sites for hydroxylation is 1. The van der Waals surface area contributed by atoms with E-state index in [-0.39, 0.29) is 11.4 Å². The fourth-order valence-corrected chi connectivity index (χ4v) is 3.66. The Kier molecular flexibility index (Phi) is 5.81. The van der Waals surface area contributed by atoms with Crippen LogP contribution in [0.25, 0.3) is 5.69 Å². The summed E-state index contributed by atoms with van der Waals surface area (Å²) in [6, 6.07) is 14.9. The monoisotopic (exact) mass is 421 g/mol. The normalized spacial score (nSPS) is 14.5. The molecule has 0 aliphatic carbocycles. The highest BCUT2D eigenvalue weighted by Crippen LogP contribution is 2.26. The van der Waals surface area contributed by atoms with Gasteiger partial charge in [0.1, 0.15) is 11.5 Å². The molecule has 160 valence electrons. The molecule has 3 aromatic rings. The number of hydrogen-bond donors (Lipinski definition) is 1. The van der Waals surface area contributed by atoms with Crippen LogP contribution in [-0.2, 0) is 0 Å². The molecule has 0 saturated carbocycles. The Balaban J connectivity index is 1.65. The van der Waals surface area contributed by atoms with Crippen molar-refractivity contribution >= 4 is 17.3 Å². The summed E-state index contributed by atoms with van der Waals surface area (Å²) in [5.41, 5.74) is 1.31. The van der Waals surface area contributed by atoms with Crippen molar-refractivity contribution < 1.29 is 9.18 Å². The summed E-state index contributed by atoms with van der Waals surface area (Å²) in [5.74, 6) is -1.12. The van der Waals surface area contributed by atoms with Crippen LogP contribution in [0.1, 0.15) is 16.2 Å². The van der Waals surface area contributed by atoms with Crippen LogP contribution >= 0.6 is 0 Å². The summed E-state index contributed by atoms with van der Waals surface area (Å²) in [4.78, 5) is 30.0. The van der Waals surface area contributed by atoms with Crippen molar-refractivity contribution in [2.45, 2.75) is 6.92 Å². The van der Waals surface area contributed by atoms with E-state index in [4.69, 9.17) is 0 Å². The molecule has 8 heteroatoms. The summed E-state index contributed by atoms with van der Waals surface area (Å²) < 4.78 is 15.5. The maximum absolute atomic E-state index is 14.3. The Bertz CT molecular complexity index is 1170. The highest BCUT2D eigenvalue weighted by Gasteiger charge is 2.21. The number of carbonyl (C=O) groups excluding carboxylic acids is 1. The quantitative estimate of drug-likeness (QED) is 0.702. The molecule has 0 bridgehead atoms. The largest absolute Gasteiger partial charge is 0.367 e. The number of piperazine rings is 1. The van der Waals surface area contributed by atoms with Gasteiger partial charge in [0.25, 0.3) is 5.91 Å². The molecule has 0 atom stereocenters. The van der Waals surface area contributed by atoms with Crippen molar-refractivity contribution in [3.63, 3.8) is 0 Å². The Morgan fingerprint density at radius 1 is 1.00 bits per heavy atom. The molecule has 0 spiro atoms. The lowest BCUT2D eigenvalue weighted by atomic mass is 10.2. The number of rotatable bonds is 4. The molecule has 4 rings (SSSR count). The smallest absolute Gasteiger partial charge is 0.280 e. The first-order valence-corrected chi connectivity index (χ1v) is 10.1. The average molecular weight is 421 g/mol. The van der Waals surface area contributed by atoms with Gasteiger partial charge in [-0.2, -0.15) is 5.10 Å². The predicted molar refractivity (Wildman–Crippen MR) is 119 cm³/mol. The molecule has 1 N–H and O–H groups in total. The van der Waals surface area contributed by atoms with Crippen LogP contribution in [0, 0.1) is 12.7 Å². The lowest BCUT2D eigenvalue weighted by molar-refractivity contribution is 0.101. The zero-order valence-corrected chi connectivity index (χ0v) is 17.5. The van der Waals surface area contributed by atoms with E-state index in [9.17, 15) is 14.0 Å². The Labute approximate surface area is 179 Å². The van der Waals surface area contributed by atoms with E-state index >= 15 is 0 Å². The SMILES string of the molecule is Cc1cc(=O)c(C(=O)Nc2ccccc2N2CCN(C)CC2)nn1-c1ccccc1F. The number of para-hydroxylation sites is 3. The van der Waals surface area contributed by atoms with Gasteiger partial charge in [-0.15, -0.1) is 0 Å². The maximum atomic E-state index is 14.3. The summed E-state index contributed by atoms with van der Waals surface area (Å²) in [6.07, 6.45) is 0. The molecule has 2 aromatic carbocycles. The van der Waals surface area contributed by atoms with E-state index < -0.39 is 17.2 Å². The number of nitrogens with zero attached hydrogens (tertiary/aromatic N) is 4. The minimum absolute atomic E-state index is 0.173. The van der Waals surface area contributed by atoms with Crippen molar-refractivity contribution in [1.82, 2.24) is 14.7 Å². The fourth-order valence-electron chi connectivity index (χ4n) is 3.66. The minimum atomic E-state index is -0.628. The van der Waals surface area contributed by atoms with Gasteiger partial charge in [0.05, 0.1) is 11.4 Å². The van der Waals surface area contributed by atoms with E-state index in [2.05, 4.69) is 27.3 Å². The second-order valence-electron chi connectivity index (χ2n) is 7.62. The Morgan fingerprint density at radius 2 is 1.65 bits per heavy atom. The van der Waals surface area contributed by atoms with Gasteiger partial charge in [-0.1, -0.05) is 24.3 Å². The highest BCUT2D eigenvalue weighted by atomic mass is 19.1. The molecule has 31 heavy (non-hydrogen) atoms. The van der Waals surface area contributed by atoms with Crippen LogP contribution < -0.4 is 15.6 Å². The van der Waals surface area contributed by atoms with Crippen LogP contribution in [0.3, 0.4) is 0 Å². The number of amides is 1. The van der Waals surface area contributed by atoms with Gasteiger partial charge < -0.3 is 15.1 Å². The predicted octanol–water partition coefficient (Wildman–Crippen LogP) is 2.68. The van der Waals surface area contributed by atoms with Gasteiger partial charge in [-0.25, -0.2) is 9.07 Å². The molecule has 1 amide bonds. The number of aromatic nitrogens is 2. The average Bonchev–Trinajstić information content (AvgIpc) is 2.75. The standard InChI is InChI=1S/C23H24FN5O2/c1-16-15-21(30)22(26-29(16)19-9-5-3-7-17(19)24)23(31)25-18-8-4-6-10-20(18)28-13-11-27(2)12-14-28/h3-10,15H,11-14H2,1-2H3,(H,25,31). The molecule has 0 radical (unpaired) electrons. The third-order valence-corrected chi connectivity index (χ3v) is 5.40. The number of nitrogens with one attached hydrogen (secondary N) is 1. The second kappa shape index (κ2) is 8.69. The van der Waals surface area contributed by atoms with Crippen LogP contribution in [0.15, 0.2) is 59.4 Å². The first-order chi connectivity index (χ1) is 14.9. The zero-order valence-electron chi connectivity index (χ0n) is 17.5. The van der Waals surface area contributed by atoms with Gasteiger partial charge in [0.15, 0.2) is 5.69 Å². The summed E-state index contributed by atoms with van der Waals surface area (Å²) in [6.45, 7) is 5.17. The van der Waals surface area contributed by atoms with Crippen LogP contribution in [0.2, 0.25) is 0 Å². The summed E-state index contributed by atoms with van der Waals surface area (Å²) in [5, 5.41) is 7.01. The number of anilines is 2. The van der Waals surface area contributed by atoms with Crippen molar-refractivity contribution in [2.75, 3.05) is 43.4 Å². The molecule has 1 fully saturated rings. The van der Waals surface area contributed by atoms with E-state index in [1.807, 2.05) is 18.2 Å². The number of halogens is 1. The molecule has 1 aliphatic rings. The third-order valence-electron chi connectivity index (χ3n) is 5.40. The van der Waals surface area contributed by atoms with E-state index in [0.29, 0.717) is 11.4 Å². The highest BCUT2D eigenvalue weighted by molar-refractivity contribution is 6.04. The maximum Gasteiger partial charge on any atom is 0.280 e. The fraction of sp³-hybridized carbons (Fsp3) is 0.261. The second-order valence-corrected chi connectivity index (χ2v) is 7.62. The number of carbonyl (C=O) groups is 1. The van der Waals surface area contributed by atoms with E-state index in [1.165, 1.54) is 16.8 Å². The molecule has 2 heterocycles. The molecule has 1 aliphatic heterocycles. The summed E-state index contributed by atoms with van der Waals surface area (Å²) in [7, 11) is 2.08. The van der Waals surface area contributed by atoms with Gasteiger partial charge in [0, 0.05) is 37.9 Å².